The summed E-state index contributed by atoms with van der Waals surface area (Å²) in [5.74, 6) is -0.442. The van der Waals surface area contributed by atoms with Gasteiger partial charge >= 0.3 is 0 Å². The second kappa shape index (κ2) is 6.44. The van der Waals surface area contributed by atoms with Crippen molar-refractivity contribution >= 4 is 23.2 Å². The monoisotopic (exact) mass is 317 g/mol. The number of hydrogen-bond donors (Lipinski definition) is 2. The topological polar surface area (TPSA) is 65.2 Å². The lowest BCUT2D eigenvalue weighted by Crippen LogP contribution is -2.36. The van der Waals surface area contributed by atoms with E-state index in [0.717, 1.165) is 18.7 Å². The van der Waals surface area contributed by atoms with Crippen LogP contribution in [0, 0.1) is 0 Å². The van der Waals surface area contributed by atoms with Crippen LogP contribution in [0.5, 0.6) is 0 Å². The van der Waals surface area contributed by atoms with E-state index in [1.807, 2.05) is 11.0 Å². The van der Waals surface area contributed by atoms with Crippen molar-refractivity contribution in [1.29, 1.82) is 0 Å². The van der Waals surface area contributed by atoms with Gasteiger partial charge in [-0.15, -0.1) is 0 Å². The van der Waals surface area contributed by atoms with Gasteiger partial charge in [0.05, 0.1) is 6.04 Å². The van der Waals surface area contributed by atoms with Crippen molar-refractivity contribution in [3.8, 4) is 0 Å². The lowest BCUT2D eigenvalue weighted by atomic mass is 10.0. The molecule has 1 aromatic heterocycles. The van der Waals surface area contributed by atoms with Crippen LogP contribution in [0.1, 0.15) is 11.6 Å². The van der Waals surface area contributed by atoms with Crippen LogP contribution in [0.15, 0.2) is 48.8 Å². The van der Waals surface area contributed by atoms with Crippen molar-refractivity contribution < 1.29 is 9.90 Å². The predicted molar refractivity (Wildman–Crippen MR) is 84.6 cm³/mol. The molecule has 1 aromatic carbocycles. The number of aromatic nitrogens is 1. The Labute approximate surface area is 133 Å². The summed E-state index contributed by atoms with van der Waals surface area (Å²) < 4.78 is 0. The van der Waals surface area contributed by atoms with Gasteiger partial charge in [-0.1, -0.05) is 17.7 Å². The number of nitrogens with zero attached hydrogens (tertiary/aromatic N) is 2. The minimum Gasteiger partial charge on any atom is -0.381 e. The Balaban J connectivity index is 1.74. The summed E-state index contributed by atoms with van der Waals surface area (Å²) in [6, 6.07) is 10.1. The smallest absolute Gasteiger partial charge is 0.255 e. The van der Waals surface area contributed by atoms with E-state index >= 15 is 0 Å². The summed E-state index contributed by atoms with van der Waals surface area (Å²) >= 11 is 5.82. The Morgan fingerprint density at radius 3 is 2.59 bits per heavy atom. The van der Waals surface area contributed by atoms with Gasteiger partial charge in [0.15, 0.2) is 6.10 Å². The summed E-state index contributed by atoms with van der Waals surface area (Å²) in [7, 11) is 0. The minimum absolute atomic E-state index is 0.374. The molecule has 0 bridgehead atoms. The fraction of sp³-hybridized carbons (Fsp3) is 0.250. The Bertz CT molecular complexity index is 644. The molecule has 2 N–H and O–H groups in total. The molecule has 5 nitrogen and oxygen atoms in total. The van der Waals surface area contributed by atoms with Crippen molar-refractivity contribution in [1.82, 2.24) is 9.88 Å². The summed E-state index contributed by atoms with van der Waals surface area (Å²) in [5.41, 5.74) is 1.43. The molecule has 2 atom stereocenters. The molecule has 0 saturated carbocycles. The van der Waals surface area contributed by atoms with E-state index in [4.69, 9.17) is 11.6 Å². The van der Waals surface area contributed by atoms with E-state index < -0.39 is 12.0 Å². The zero-order chi connectivity index (χ0) is 15.5. The molecule has 3 rings (SSSR count). The Hall–Kier alpha value is -1.95. The van der Waals surface area contributed by atoms with E-state index in [-0.39, 0.29) is 6.04 Å². The van der Waals surface area contributed by atoms with Crippen molar-refractivity contribution in [2.45, 2.75) is 12.1 Å². The maximum atomic E-state index is 12.3. The van der Waals surface area contributed by atoms with Gasteiger partial charge in [0, 0.05) is 36.2 Å². The van der Waals surface area contributed by atoms with E-state index in [2.05, 4.69) is 10.3 Å². The molecule has 1 aliphatic heterocycles. The van der Waals surface area contributed by atoms with Gasteiger partial charge in [0.1, 0.15) is 0 Å². The zero-order valence-electron chi connectivity index (χ0n) is 11.8. The second-order valence-corrected chi connectivity index (χ2v) is 5.64. The lowest BCUT2D eigenvalue weighted by Gasteiger charge is -2.23. The molecule has 0 radical (unpaired) electrons. The molecule has 1 aliphatic rings. The van der Waals surface area contributed by atoms with Crippen molar-refractivity contribution in [3.05, 3.63) is 59.4 Å². The van der Waals surface area contributed by atoms with Gasteiger partial charge in [-0.05, 0) is 35.9 Å². The van der Waals surface area contributed by atoms with Crippen molar-refractivity contribution in [2.24, 2.45) is 0 Å². The average molecular weight is 318 g/mol. The number of anilines is 1. The zero-order valence-corrected chi connectivity index (χ0v) is 12.6. The number of amides is 1. The molecular formula is C16H16ClN3O2. The maximum absolute atomic E-state index is 12.3. The maximum Gasteiger partial charge on any atom is 0.255 e. The minimum atomic E-state index is -1.16. The van der Waals surface area contributed by atoms with Gasteiger partial charge in [-0.2, -0.15) is 0 Å². The van der Waals surface area contributed by atoms with Gasteiger partial charge < -0.3 is 10.4 Å². The Kier molecular flexibility index (Phi) is 4.38. The highest BCUT2D eigenvalue weighted by atomic mass is 35.5. The molecule has 0 spiro atoms. The number of aliphatic hydroxyl groups excluding tert-OH is 1. The number of halogens is 1. The first-order chi connectivity index (χ1) is 10.6. The van der Waals surface area contributed by atoms with E-state index in [0.29, 0.717) is 10.7 Å². The molecule has 22 heavy (non-hydrogen) atoms. The van der Waals surface area contributed by atoms with Crippen molar-refractivity contribution in [3.63, 3.8) is 0 Å². The van der Waals surface area contributed by atoms with Crippen LogP contribution in [-0.2, 0) is 4.79 Å². The van der Waals surface area contributed by atoms with Gasteiger partial charge in [-0.3, -0.25) is 14.7 Å². The molecule has 0 aliphatic carbocycles. The molecular weight excluding hydrogens is 302 g/mol. The van der Waals surface area contributed by atoms with Crippen LogP contribution >= 0.6 is 11.6 Å². The summed E-state index contributed by atoms with van der Waals surface area (Å²) in [4.78, 5) is 18.4. The predicted octanol–water partition coefficient (Wildman–Crippen LogP) is 2.09. The third kappa shape index (κ3) is 3.44. The van der Waals surface area contributed by atoms with Crippen LogP contribution in [0.4, 0.5) is 5.69 Å². The first-order valence-corrected chi connectivity index (χ1v) is 7.41. The molecule has 2 aromatic rings. The molecule has 1 fully saturated rings. The number of nitrogens with one attached hydrogen (secondary N) is 1. The van der Waals surface area contributed by atoms with Gasteiger partial charge in [-0.25, -0.2) is 0 Å². The number of rotatable bonds is 5. The normalized spacial score (nSPS) is 16.8. The quantitative estimate of drug-likeness (QED) is 0.829. The third-order valence-electron chi connectivity index (χ3n) is 3.58. The molecule has 1 amide bonds. The Morgan fingerprint density at radius 2 is 2.00 bits per heavy atom. The Morgan fingerprint density at radius 1 is 1.27 bits per heavy atom. The number of hydrogen-bond acceptors (Lipinski definition) is 4. The first kappa shape index (κ1) is 15.0. The van der Waals surface area contributed by atoms with Gasteiger partial charge in [0.2, 0.25) is 0 Å². The van der Waals surface area contributed by atoms with Crippen LogP contribution in [0.25, 0.3) is 0 Å². The number of pyridine rings is 1. The van der Waals surface area contributed by atoms with Crippen LogP contribution in [-0.4, -0.2) is 40.1 Å². The second-order valence-electron chi connectivity index (χ2n) is 5.21. The summed E-state index contributed by atoms with van der Waals surface area (Å²) in [5, 5.41) is 13.8. The van der Waals surface area contributed by atoms with Crippen molar-refractivity contribution in [2.75, 3.05) is 18.4 Å². The number of carbonyl (C=O) groups excluding carboxylic acids is 1. The summed E-state index contributed by atoms with van der Waals surface area (Å²) in [6.45, 7) is 1.73. The van der Waals surface area contributed by atoms with E-state index in [1.165, 1.54) is 0 Å². The van der Waals surface area contributed by atoms with E-state index in [9.17, 15) is 9.90 Å². The number of aliphatic hydroxyl groups is 1. The van der Waals surface area contributed by atoms with Crippen LogP contribution < -0.4 is 5.32 Å². The molecule has 2 unspecified atom stereocenters. The standard InChI is InChI=1S/C16H16ClN3O2/c17-12-3-5-13(6-4-12)19-16(22)15(21)14(20-8-9-20)11-2-1-7-18-10-11/h1-7,10,14-15,21H,8-9H2,(H,19,22). The highest BCUT2D eigenvalue weighted by molar-refractivity contribution is 6.30. The fourth-order valence-electron chi connectivity index (χ4n) is 2.37. The van der Waals surface area contributed by atoms with Crippen LogP contribution in [0.3, 0.4) is 0 Å². The molecule has 1 saturated heterocycles. The SMILES string of the molecule is O=C(Nc1ccc(Cl)cc1)C(O)C(c1cccnc1)N1CC1. The molecule has 114 valence electrons. The molecule has 6 heteroatoms. The summed E-state index contributed by atoms with van der Waals surface area (Å²) in [6.07, 6.45) is 2.19. The number of benzene rings is 1. The first-order valence-electron chi connectivity index (χ1n) is 7.03. The van der Waals surface area contributed by atoms with Crippen LogP contribution in [0.2, 0.25) is 5.02 Å². The molecule has 2 heterocycles. The highest BCUT2D eigenvalue weighted by Gasteiger charge is 2.37. The largest absolute Gasteiger partial charge is 0.381 e. The highest BCUT2D eigenvalue weighted by Crippen LogP contribution is 2.29. The van der Waals surface area contributed by atoms with Gasteiger partial charge in [0.25, 0.3) is 5.91 Å². The average Bonchev–Trinajstić information content (AvgIpc) is 3.35. The third-order valence-corrected chi connectivity index (χ3v) is 3.83. The number of carbonyl (C=O) groups is 1. The lowest BCUT2D eigenvalue weighted by molar-refractivity contribution is -0.126. The fourth-order valence-corrected chi connectivity index (χ4v) is 2.50. The van der Waals surface area contributed by atoms with E-state index in [1.54, 1.807) is 42.7 Å².